The molecule has 0 saturated carbocycles. The standard InChI is InChI=1S/C7H10ClFO3/c1-3-12-7(11)5(9)6(10)4(2)8/h4-5H,3H2,1-2H3. The molecule has 0 N–H and O–H groups in total. The summed E-state index contributed by atoms with van der Waals surface area (Å²) in [5.41, 5.74) is 0. The third-order valence-electron chi connectivity index (χ3n) is 1.14. The molecule has 5 heteroatoms. The fourth-order valence-electron chi connectivity index (χ4n) is 0.533. The topological polar surface area (TPSA) is 43.4 Å². The van der Waals surface area contributed by atoms with Gasteiger partial charge in [-0.25, -0.2) is 9.18 Å². The Bertz CT molecular complexity index is 181. The first-order valence-electron chi connectivity index (χ1n) is 3.49. The lowest BCUT2D eigenvalue weighted by Gasteiger charge is -2.06. The van der Waals surface area contributed by atoms with Crippen LogP contribution < -0.4 is 0 Å². The number of carbonyl (C=O) groups excluding carboxylic acids is 2. The summed E-state index contributed by atoms with van der Waals surface area (Å²) in [6.07, 6.45) is -2.25. The molecule has 0 aromatic rings. The average Bonchev–Trinajstić information content (AvgIpc) is 2.02. The quantitative estimate of drug-likeness (QED) is 0.384. The smallest absolute Gasteiger partial charge is 0.348 e. The molecule has 0 saturated heterocycles. The first kappa shape index (κ1) is 11.4. The lowest BCUT2D eigenvalue weighted by Crippen LogP contribution is -2.32. The van der Waals surface area contributed by atoms with E-state index in [2.05, 4.69) is 4.74 Å². The van der Waals surface area contributed by atoms with E-state index in [0.717, 1.165) is 0 Å². The summed E-state index contributed by atoms with van der Waals surface area (Å²) in [5.74, 6) is -2.13. The Hall–Kier alpha value is -0.640. The first-order valence-corrected chi connectivity index (χ1v) is 3.92. The molecule has 0 heterocycles. The highest BCUT2D eigenvalue weighted by Gasteiger charge is 2.30. The lowest BCUT2D eigenvalue weighted by molar-refractivity contribution is -0.152. The Labute approximate surface area is 74.8 Å². The van der Waals surface area contributed by atoms with E-state index >= 15 is 0 Å². The highest BCUT2D eigenvalue weighted by atomic mass is 35.5. The Morgan fingerprint density at radius 2 is 2.08 bits per heavy atom. The molecule has 3 nitrogen and oxygen atoms in total. The number of halogens is 2. The van der Waals surface area contributed by atoms with Crippen molar-refractivity contribution in [1.29, 1.82) is 0 Å². The predicted octanol–water partition coefficient (Wildman–Crippen LogP) is 1.08. The zero-order chi connectivity index (χ0) is 9.72. The van der Waals surface area contributed by atoms with Crippen molar-refractivity contribution in [2.75, 3.05) is 6.61 Å². The minimum Gasteiger partial charge on any atom is -0.463 e. The fraction of sp³-hybridized carbons (Fsp3) is 0.714. The number of ether oxygens (including phenoxy) is 1. The van der Waals surface area contributed by atoms with Gasteiger partial charge in [0.05, 0.1) is 12.0 Å². The predicted molar refractivity (Wildman–Crippen MR) is 41.9 cm³/mol. The van der Waals surface area contributed by atoms with Crippen LogP contribution in [0.3, 0.4) is 0 Å². The SMILES string of the molecule is CCOC(=O)C(F)C(=O)C(C)Cl. The number of carbonyl (C=O) groups is 2. The summed E-state index contributed by atoms with van der Waals surface area (Å²) in [5, 5.41) is -1.01. The number of ketones is 1. The number of hydrogen-bond acceptors (Lipinski definition) is 3. The van der Waals surface area contributed by atoms with Crippen LogP contribution in [0, 0.1) is 0 Å². The molecule has 2 atom stereocenters. The summed E-state index contributed by atoms with van der Waals surface area (Å²) in [6.45, 7) is 2.87. The molecule has 70 valence electrons. The molecule has 0 radical (unpaired) electrons. The van der Waals surface area contributed by atoms with Gasteiger partial charge in [-0.15, -0.1) is 11.6 Å². The van der Waals surface area contributed by atoms with Crippen LogP contribution in [0.2, 0.25) is 0 Å². The summed E-state index contributed by atoms with van der Waals surface area (Å²) in [7, 11) is 0. The van der Waals surface area contributed by atoms with E-state index in [0.29, 0.717) is 0 Å². The van der Waals surface area contributed by atoms with Gasteiger partial charge in [0, 0.05) is 0 Å². The molecule has 0 aromatic carbocycles. The van der Waals surface area contributed by atoms with Crippen LogP contribution in [0.1, 0.15) is 13.8 Å². The fourth-order valence-corrected chi connectivity index (χ4v) is 0.644. The van der Waals surface area contributed by atoms with Crippen molar-refractivity contribution < 1.29 is 18.7 Å². The van der Waals surface area contributed by atoms with Crippen molar-refractivity contribution in [3.8, 4) is 0 Å². The molecule has 0 bridgehead atoms. The third-order valence-corrected chi connectivity index (χ3v) is 1.35. The van der Waals surface area contributed by atoms with Crippen LogP contribution in [0.5, 0.6) is 0 Å². The number of alkyl halides is 2. The maximum absolute atomic E-state index is 12.7. The molecule has 2 unspecified atom stereocenters. The molecular formula is C7H10ClFO3. The molecule has 0 rings (SSSR count). The summed E-state index contributed by atoms with van der Waals surface area (Å²) in [4.78, 5) is 21.4. The van der Waals surface area contributed by atoms with Gasteiger partial charge in [-0.3, -0.25) is 4.79 Å². The minimum absolute atomic E-state index is 0.0448. The minimum atomic E-state index is -2.25. The maximum Gasteiger partial charge on any atom is 0.348 e. The van der Waals surface area contributed by atoms with Crippen molar-refractivity contribution in [1.82, 2.24) is 0 Å². The van der Waals surface area contributed by atoms with E-state index in [-0.39, 0.29) is 6.61 Å². The van der Waals surface area contributed by atoms with Gasteiger partial charge in [0.15, 0.2) is 5.78 Å². The largest absolute Gasteiger partial charge is 0.463 e. The molecule has 0 fully saturated rings. The van der Waals surface area contributed by atoms with Crippen molar-refractivity contribution >= 4 is 23.4 Å². The van der Waals surface area contributed by atoms with Gasteiger partial charge in [0.2, 0.25) is 0 Å². The van der Waals surface area contributed by atoms with Crippen molar-refractivity contribution in [2.24, 2.45) is 0 Å². The zero-order valence-electron chi connectivity index (χ0n) is 6.84. The lowest BCUT2D eigenvalue weighted by atomic mass is 10.2. The molecule has 0 aliphatic heterocycles. The Morgan fingerprint density at radius 3 is 2.42 bits per heavy atom. The summed E-state index contributed by atoms with van der Waals surface area (Å²) in [6, 6.07) is 0. The monoisotopic (exact) mass is 196 g/mol. The van der Waals surface area contributed by atoms with Crippen molar-refractivity contribution in [3.63, 3.8) is 0 Å². The normalized spacial score (nSPS) is 15.0. The average molecular weight is 197 g/mol. The van der Waals surface area contributed by atoms with Crippen LogP contribution >= 0.6 is 11.6 Å². The van der Waals surface area contributed by atoms with Gasteiger partial charge >= 0.3 is 5.97 Å². The van der Waals surface area contributed by atoms with E-state index in [9.17, 15) is 14.0 Å². The highest BCUT2D eigenvalue weighted by molar-refractivity contribution is 6.33. The van der Waals surface area contributed by atoms with Gasteiger partial charge in [-0.2, -0.15) is 0 Å². The number of esters is 1. The number of hydrogen-bond donors (Lipinski definition) is 0. The van der Waals surface area contributed by atoms with Gasteiger partial charge in [0.1, 0.15) is 0 Å². The van der Waals surface area contributed by atoms with Crippen LogP contribution in [0.15, 0.2) is 0 Å². The van der Waals surface area contributed by atoms with Gasteiger partial charge in [-0.1, -0.05) is 0 Å². The first-order chi connectivity index (χ1) is 5.50. The molecule has 0 amide bonds. The molecule has 0 aromatic heterocycles. The van der Waals surface area contributed by atoms with E-state index in [1.54, 1.807) is 0 Å². The van der Waals surface area contributed by atoms with E-state index in [1.165, 1.54) is 13.8 Å². The highest BCUT2D eigenvalue weighted by Crippen LogP contribution is 2.05. The van der Waals surface area contributed by atoms with E-state index in [1.807, 2.05) is 0 Å². The second kappa shape index (κ2) is 5.09. The maximum atomic E-state index is 12.7. The van der Waals surface area contributed by atoms with Gasteiger partial charge in [0.25, 0.3) is 6.17 Å². The van der Waals surface area contributed by atoms with Crippen molar-refractivity contribution in [2.45, 2.75) is 25.4 Å². The van der Waals surface area contributed by atoms with E-state index < -0.39 is 23.3 Å². The summed E-state index contributed by atoms with van der Waals surface area (Å²) < 4.78 is 17.0. The van der Waals surface area contributed by atoms with E-state index in [4.69, 9.17) is 11.6 Å². The molecule has 0 aliphatic carbocycles. The zero-order valence-corrected chi connectivity index (χ0v) is 7.60. The van der Waals surface area contributed by atoms with Crippen LogP contribution in [-0.2, 0) is 14.3 Å². The van der Waals surface area contributed by atoms with Crippen LogP contribution in [0.4, 0.5) is 4.39 Å². The van der Waals surface area contributed by atoms with Gasteiger partial charge < -0.3 is 4.74 Å². The Balaban J connectivity index is 4.10. The Morgan fingerprint density at radius 1 is 1.58 bits per heavy atom. The number of Topliss-reactive ketones (excluding diaryl/α,β-unsaturated/α-hetero) is 1. The second-order valence-electron chi connectivity index (χ2n) is 2.13. The van der Waals surface area contributed by atoms with Crippen LogP contribution in [-0.4, -0.2) is 29.9 Å². The third kappa shape index (κ3) is 3.17. The Kier molecular flexibility index (Phi) is 4.81. The molecule has 0 aliphatic rings. The molecule has 12 heavy (non-hydrogen) atoms. The second-order valence-corrected chi connectivity index (χ2v) is 2.79. The van der Waals surface area contributed by atoms with Crippen molar-refractivity contribution in [3.05, 3.63) is 0 Å². The van der Waals surface area contributed by atoms with Gasteiger partial charge in [-0.05, 0) is 13.8 Å². The number of rotatable bonds is 4. The summed E-state index contributed by atoms with van der Waals surface area (Å²) >= 11 is 5.27. The molecular weight excluding hydrogens is 187 g/mol. The molecule has 0 spiro atoms. The van der Waals surface area contributed by atoms with Crippen LogP contribution in [0.25, 0.3) is 0 Å².